The van der Waals surface area contributed by atoms with Gasteiger partial charge in [-0.1, -0.05) is 29.8 Å². The van der Waals surface area contributed by atoms with Gasteiger partial charge in [0.05, 0.1) is 6.42 Å². The number of pyridine rings is 1. The van der Waals surface area contributed by atoms with E-state index in [1.807, 2.05) is 18.2 Å². The lowest BCUT2D eigenvalue weighted by Crippen LogP contribution is -2.15. The van der Waals surface area contributed by atoms with Gasteiger partial charge >= 0.3 is 0 Å². The van der Waals surface area contributed by atoms with E-state index in [-0.39, 0.29) is 5.91 Å². The Morgan fingerprint density at radius 2 is 1.94 bits per heavy atom. The topological polar surface area (TPSA) is 42.0 Å². The number of hydrogen-bond acceptors (Lipinski definition) is 2. The summed E-state index contributed by atoms with van der Waals surface area (Å²) in [6.07, 6.45) is 1.95. The number of aromatic nitrogens is 1. The Morgan fingerprint density at radius 3 is 2.59 bits per heavy atom. The van der Waals surface area contributed by atoms with Crippen LogP contribution < -0.4 is 5.32 Å². The first-order chi connectivity index (χ1) is 8.24. The molecule has 1 amide bonds. The first-order valence-electron chi connectivity index (χ1n) is 5.19. The third kappa shape index (κ3) is 3.57. The van der Waals surface area contributed by atoms with Crippen LogP contribution in [0.2, 0.25) is 5.02 Å². The van der Waals surface area contributed by atoms with E-state index in [1.54, 1.807) is 30.5 Å². The van der Waals surface area contributed by atoms with Crippen LogP contribution in [0, 0.1) is 0 Å². The number of nitrogens with zero attached hydrogens (tertiary/aromatic N) is 1. The van der Waals surface area contributed by atoms with E-state index in [1.165, 1.54) is 0 Å². The van der Waals surface area contributed by atoms with Gasteiger partial charge in [-0.15, -0.1) is 0 Å². The van der Waals surface area contributed by atoms with Crippen molar-refractivity contribution in [2.45, 2.75) is 6.42 Å². The Bertz CT molecular complexity index is 497. The van der Waals surface area contributed by atoms with Crippen LogP contribution in [0.15, 0.2) is 48.7 Å². The normalized spacial score (nSPS) is 9.94. The van der Waals surface area contributed by atoms with E-state index in [9.17, 15) is 4.79 Å². The SMILES string of the molecule is O=C(Cc1ccc(Cl)cc1)Nc1ccccn1. The molecular weight excluding hydrogens is 236 g/mol. The monoisotopic (exact) mass is 246 g/mol. The molecule has 0 aliphatic heterocycles. The quantitative estimate of drug-likeness (QED) is 0.905. The van der Waals surface area contributed by atoms with Crippen LogP contribution in [0.4, 0.5) is 5.82 Å². The molecule has 4 heteroatoms. The summed E-state index contributed by atoms with van der Waals surface area (Å²) in [5.41, 5.74) is 0.919. The highest BCUT2D eigenvalue weighted by atomic mass is 35.5. The Hall–Kier alpha value is -1.87. The molecule has 0 unspecified atom stereocenters. The van der Waals surface area contributed by atoms with Gasteiger partial charge < -0.3 is 5.32 Å². The number of nitrogens with one attached hydrogen (secondary N) is 1. The van der Waals surface area contributed by atoms with Gasteiger partial charge in [-0.2, -0.15) is 0 Å². The van der Waals surface area contributed by atoms with Crippen LogP contribution in [-0.2, 0) is 11.2 Å². The van der Waals surface area contributed by atoms with Crippen molar-refractivity contribution in [1.29, 1.82) is 0 Å². The third-order valence-corrected chi connectivity index (χ3v) is 2.46. The lowest BCUT2D eigenvalue weighted by molar-refractivity contribution is -0.115. The Morgan fingerprint density at radius 1 is 1.18 bits per heavy atom. The van der Waals surface area contributed by atoms with Crippen molar-refractivity contribution >= 4 is 23.3 Å². The van der Waals surface area contributed by atoms with Crippen LogP contribution in [0.5, 0.6) is 0 Å². The van der Waals surface area contributed by atoms with Gasteiger partial charge in [0.2, 0.25) is 5.91 Å². The number of anilines is 1. The Labute approximate surface area is 104 Å². The van der Waals surface area contributed by atoms with Gasteiger partial charge in [-0.05, 0) is 29.8 Å². The zero-order valence-corrected chi connectivity index (χ0v) is 9.82. The summed E-state index contributed by atoms with van der Waals surface area (Å²) in [5.74, 6) is 0.470. The number of halogens is 1. The second-order valence-electron chi connectivity index (χ2n) is 3.57. The van der Waals surface area contributed by atoms with Crippen LogP contribution in [0.25, 0.3) is 0 Å². The summed E-state index contributed by atoms with van der Waals surface area (Å²) in [5, 5.41) is 3.39. The standard InChI is InChI=1S/C13H11ClN2O/c14-11-6-4-10(5-7-11)9-13(17)16-12-3-1-2-8-15-12/h1-8H,9H2,(H,15,16,17). The van der Waals surface area contributed by atoms with Crippen LogP contribution in [-0.4, -0.2) is 10.9 Å². The fraction of sp³-hybridized carbons (Fsp3) is 0.0769. The maximum Gasteiger partial charge on any atom is 0.229 e. The predicted octanol–water partition coefficient (Wildman–Crippen LogP) is 2.92. The van der Waals surface area contributed by atoms with E-state index < -0.39 is 0 Å². The summed E-state index contributed by atoms with van der Waals surface area (Å²) in [4.78, 5) is 15.7. The van der Waals surface area contributed by atoms with E-state index in [4.69, 9.17) is 11.6 Å². The smallest absolute Gasteiger partial charge is 0.229 e. The molecule has 1 aromatic heterocycles. The molecule has 3 nitrogen and oxygen atoms in total. The molecule has 0 bridgehead atoms. The second kappa shape index (κ2) is 5.46. The molecule has 0 saturated heterocycles. The molecule has 2 rings (SSSR count). The van der Waals surface area contributed by atoms with Crippen molar-refractivity contribution in [2.24, 2.45) is 0 Å². The highest BCUT2D eigenvalue weighted by molar-refractivity contribution is 6.30. The average molecular weight is 247 g/mol. The van der Waals surface area contributed by atoms with Crippen molar-refractivity contribution in [2.75, 3.05) is 5.32 Å². The molecule has 0 saturated carbocycles. The van der Waals surface area contributed by atoms with Gasteiger partial charge in [0.25, 0.3) is 0 Å². The highest BCUT2D eigenvalue weighted by Gasteiger charge is 2.04. The van der Waals surface area contributed by atoms with Crippen molar-refractivity contribution in [3.63, 3.8) is 0 Å². The minimum Gasteiger partial charge on any atom is -0.310 e. The first kappa shape index (κ1) is 11.6. The largest absolute Gasteiger partial charge is 0.310 e. The van der Waals surface area contributed by atoms with E-state index in [0.717, 1.165) is 5.56 Å². The molecule has 0 atom stereocenters. The lowest BCUT2D eigenvalue weighted by Gasteiger charge is -2.04. The fourth-order valence-electron chi connectivity index (χ4n) is 1.41. The average Bonchev–Trinajstić information content (AvgIpc) is 2.33. The molecule has 1 heterocycles. The highest BCUT2D eigenvalue weighted by Crippen LogP contribution is 2.10. The summed E-state index contributed by atoms with van der Waals surface area (Å²) in [7, 11) is 0. The minimum absolute atomic E-state index is 0.0916. The number of benzene rings is 1. The molecule has 2 aromatic rings. The van der Waals surface area contributed by atoms with Gasteiger partial charge in [0.15, 0.2) is 0 Å². The van der Waals surface area contributed by atoms with E-state index in [2.05, 4.69) is 10.3 Å². The predicted molar refractivity (Wildman–Crippen MR) is 68.0 cm³/mol. The number of hydrogen-bond donors (Lipinski definition) is 1. The van der Waals surface area contributed by atoms with Crippen molar-refractivity contribution in [1.82, 2.24) is 4.98 Å². The van der Waals surface area contributed by atoms with Gasteiger partial charge in [-0.3, -0.25) is 4.79 Å². The Kier molecular flexibility index (Phi) is 3.73. The van der Waals surface area contributed by atoms with Crippen LogP contribution in [0.3, 0.4) is 0 Å². The van der Waals surface area contributed by atoms with Gasteiger partial charge in [0.1, 0.15) is 5.82 Å². The molecule has 0 aliphatic rings. The van der Waals surface area contributed by atoms with Crippen molar-refractivity contribution in [3.8, 4) is 0 Å². The van der Waals surface area contributed by atoms with Gasteiger partial charge in [0, 0.05) is 11.2 Å². The molecule has 0 aliphatic carbocycles. The molecule has 17 heavy (non-hydrogen) atoms. The molecule has 86 valence electrons. The number of carbonyl (C=O) groups is 1. The lowest BCUT2D eigenvalue weighted by atomic mass is 10.1. The van der Waals surface area contributed by atoms with E-state index >= 15 is 0 Å². The molecule has 0 spiro atoms. The maximum absolute atomic E-state index is 11.7. The second-order valence-corrected chi connectivity index (χ2v) is 4.00. The zero-order valence-electron chi connectivity index (χ0n) is 9.06. The fourth-order valence-corrected chi connectivity index (χ4v) is 1.54. The number of amides is 1. The first-order valence-corrected chi connectivity index (χ1v) is 5.57. The minimum atomic E-state index is -0.0916. The molecule has 0 fully saturated rings. The summed E-state index contributed by atoms with van der Waals surface area (Å²) >= 11 is 5.77. The Balaban J connectivity index is 1.96. The molecule has 1 aromatic carbocycles. The molecule has 1 N–H and O–H groups in total. The molecular formula is C13H11ClN2O. The molecule has 0 radical (unpaired) electrons. The summed E-state index contributed by atoms with van der Waals surface area (Å²) < 4.78 is 0. The summed E-state index contributed by atoms with van der Waals surface area (Å²) in [6, 6.07) is 12.6. The number of carbonyl (C=O) groups excluding carboxylic acids is 1. The zero-order chi connectivity index (χ0) is 12.1. The van der Waals surface area contributed by atoms with E-state index in [0.29, 0.717) is 17.3 Å². The number of rotatable bonds is 3. The summed E-state index contributed by atoms with van der Waals surface area (Å²) in [6.45, 7) is 0. The van der Waals surface area contributed by atoms with Gasteiger partial charge in [-0.25, -0.2) is 4.98 Å². The van der Waals surface area contributed by atoms with Crippen molar-refractivity contribution in [3.05, 3.63) is 59.2 Å². The van der Waals surface area contributed by atoms with Crippen molar-refractivity contribution < 1.29 is 4.79 Å². The van der Waals surface area contributed by atoms with Crippen LogP contribution in [0.1, 0.15) is 5.56 Å². The maximum atomic E-state index is 11.7. The third-order valence-electron chi connectivity index (χ3n) is 2.21. The van der Waals surface area contributed by atoms with Crippen LogP contribution >= 0.6 is 11.6 Å².